The molecule has 0 aromatic heterocycles. The average molecular weight is 993 g/mol. The first-order valence-electron chi connectivity index (χ1n) is 21.7. The molecular formula is C46H57F5O18. The predicted molar refractivity (Wildman–Crippen MR) is 223 cm³/mol. The Morgan fingerprint density at radius 3 is 1.62 bits per heavy atom. The van der Waals surface area contributed by atoms with Crippen molar-refractivity contribution in [2.45, 2.75) is 123 Å². The molecule has 0 aromatic rings. The molecule has 3 heterocycles. The minimum absolute atomic E-state index is 0.0128. The molecule has 0 aromatic carbocycles. The predicted octanol–water partition coefficient (Wildman–Crippen LogP) is 5.34. The summed E-state index contributed by atoms with van der Waals surface area (Å²) in [6.45, 7) is 18.7. The minimum Gasteiger partial charge on any atom is -0.459 e. The number of ether oxygens (including phenoxy) is 9. The van der Waals surface area contributed by atoms with Crippen LogP contribution in [0.25, 0.3) is 0 Å². The molecule has 0 spiro atoms. The number of fused-ring (bicyclic) bond motifs is 2. The zero-order valence-corrected chi connectivity index (χ0v) is 39.0. The molecule has 7 fully saturated rings. The second kappa shape index (κ2) is 24.4. The molecule has 0 radical (unpaired) electrons. The molecule has 7 aliphatic rings. The Morgan fingerprint density at radius 2 is 1.12 bits per heavy atom. The van der Waals surface area contributed by atoms with Crippen LogP contribution in [0.3, 0.4) is 0 Å². The van der Waals surface area contributed by atoms with Crippen molar-refractivity contribution >= 4 is 53.7 Å². The number of rotatable bonds is 15. The smallest absolute Gasteiger partial charge is 0.425 e. The normalized spacial score (nSPS) is 26.7. The average Bonchev–Trinajstić information content (AvgIpc) is 3.85. The van der Waals surface area contributed by atoms with E-state index in [-0.39, 0.29) is 82.6 Å². The summed E-state index contributed by atoms with van der Waals surface area (Å²) in [4.78, 5) is 101. The highest BCUT2D eigenvalue weighted by atomic mass is 19.4. The molecule has 0 N–H and O–H groups in total. The van der Waals surface area contributed by atoms with Crippen molar-refractivity contribution in [3.8, 4) is 0 Å². The van der Waals surface area contributed by atoms with E-state index < -0.39 is 92.0 Å². The molecule has 11 unspecified atom stereocenters. The van der Waals surface area contributed by atoms with E-state index in [4.69, 9.17) is 28.4 Å². The topological polar surface area (TPSA) is 237 Å². The van der Waals surface area contributed by atoms with Gasteiger partial charge in [0.05, 0.1) is 11.8 Å². The van der Waals surface area contributed by atoms with Crippen molar-refractivity contribution < 1.29 is 108 Å². The van der Waals surface area contributed by atoms with E-state index in [0.717, 1.165) is 45.4 Å². The first-order valence-corrected chi connectivity index (χ1v) is 21.7. The Bertz CT molecular complexity index is 2040. The van der Waals surface area contributed by atoms with Crippen LogP contribution in [-0.2, 0) is 85.8 Å². The van der Waals surface area contributed by atoms with Crippen LogP contribution >= 0.6 is 0 Å². The van der Waals surface area contributed by atoms with Crippen molar-refractivity contribution in [2.75, 3.05) is 26.4 Å². The largest absolute Gasteiger partial charge is 0.459 e. The van der Waals surface area contributed by atoms with Gasteiger partial charge in [-0.05, 0) is 79.1 Å². The van der Waals surface area contributed by atoms with E-state index in [1.807, 2.05) is 0 Å². The highest BCUT2D eigenvalue weighted by molar-refractivity contribution is 5.89. The Hall–Kier alpha value is -6.16. The Kier molecular flexibility index (Phi) is 20.2. The van der Waals surface area contributed by atoms with Gasteiger partial charge in [-0.2, -0.15) is 22.0 Å². The van der Waals surface area contributed by atoms with Crippen LogP contribution in [-0.4, -0.2) is 123 Å². The lowest BCUT2D eigenvalue weighted by Crippen LogP contribution is -2.45. The molecule has 4 saturated carbocycles. The van der Waals surface area contributed by atoms with Gasteiger partial charge < -0.3 is 42.6 Å². The summed E-state index contributed by atoms with van der Waals surface area (Å²) < 4.78 is 103. The molecule has 18 nitrogen and oxygen atoms in total. The molecule has 23 heteroatoms. The molecule has 7 rings (SSSR count). The fraction of sp³-hybridized carbons (Fsp3) is 0.630. The lowest BCUT2D eigenvalue weighted by molar-refractivity contribution is -0.213. The zero-order valence-electron chi connectivity index (χ0n) is 39.0. The quantitative estimate of drug-likeness (QED) is 0.0662. The van der Waals surface area contributed by atoms with Crippen LogP contribution in [0, 0.1) is 35.5 Å². The number of esters is 9. The lowest BCUT2D eigenvalue weighted by atomic mass is 9.67. The number of carbonyl (C=O) groups is 9. The van der Waals surface area contributed by atoms with Crippen molar-refractivity contribution in [3.05, 3.63) is 48.6 Å². The summed E-state index contributed by atoms with van der Waals surface area (Å²) in [7, 11) is 0. The van der Waals surface area contributed by atoms with E-state index in [9.17, 15) is 65.1 Å². The van der Waals surface area contributed by atoms with Crippen molar-refractivity contribution in [1.29, 1.82) is 0 Å². The summed E-state index contributed by atoms with van der Waals surface area (Å²) in [6, 6.07) is 0. The van der Waals surface area contributed by atoms with Gasteiger partial charge in [0.15, 0.2) is 19.3 Å². The molecule has 6 bridgehead atoms. The number of alkyl halides is 5. The second-order valence-electron chi connectivity index (χ2n) is 17.6. The van der Waals surface area contributed by atoms with Crippen LogP contribution in [0.4, 0.5) is 22.0 Å². The number of hydrogen-bond acceptors (Lipinski definition) is 18. The molecule has 69 heavy (non-hydrogen) atoms. The van der Waals surface area contributed by atoms with E-state index >= 15 is 0 Å². The summed E-state index contributed by atoms with van der Waals surface area (Å²) in [5.41, 5.74) is 0.590. The molecule has 4 aliphatic carbocycles. The number of hydrogen-bond donors (Lipinski definition) is 0. The highest BCUT2D eigenvalue weighted by Crippen LogP contribution is 2.55. The Labute approximate surface area is 394 Å². The highest BCUT2D eigenvalue weighted by Gasteiger charge is 2.63. The summed E-state index contributed by atoms with van der Waals surface area (Å²) in [6.07, 6.45) is -3.15. The van der Waals surface area contributed by atoms with Gasteiger partial charge in [0.1, 0.15) is 37.6 Å². The van der Waals surface area contributed by atoms with Crippen LogP contribution in [0.15, 0.2) is 48.6 Å². The van der Waals surface area contributed by atoms with Crippen molar-refractivity contribution in [1.82, 2.24) is 0 Å². The van der Waals surface area contributed by atoms with Gasteiger partial charge in [-0.15, -0.1) is 0 Å². The van der Waals surface area contributed by atoms with Crippen LogP contribution in [0.5, 0.6) is 0 Å². The van der Waals surface area contributed by atoms with Gasteiger partial charge in [0, 0.05) is 47.0 Å². The van der Waals surface area contributed by atoms with Gasteiger partial charge in [-0.1, -0.05) is 26.3 Å². The van der Waals surface area contributed by atoms with Gasteiger partial charge in [-0.3, -0.25) is 9.59 Å². The fourth-order valence-electron chi connectivity index (χ4n) is 8.21. The maximum Gasteiger partial charge on any atom is 0.425 e. The summed E-state index contributed by atoms with van der Waals surface area (Å²) >= 11 is 0. The fourth-order valence-corrected chi connectivity index (χ4v) is 8.21. The molecule has 3 aliphatic heterocycles. The Balaban J connectivity index is 0.000000251. The second-order valence-corrected chi connectivity index (χ2v) is 17.6. The molecular weight excluding hydrogens is 935 g/mol. The molecule has 3 saturated heterocycles. The van der Waals surface area contributed by atoms with Crippen molar-refractivity contribution in [2.24, 2.45) is 35.5 Å². The van der Waals surface area contributed by atoms with Gasteiger partial charge in [0.25, 0.3) is 0 Å². The maximum absolute atomic E-state index is 12.2. The van der Waals surface area contributed by atoms with E-state index in [1.165, 1.54) is 27.7 Å². The summed E-state index contributed by atoms with van der Waals surface area (Å²) in [5.74, 6) is -8.72. The monoisotopic (exact) mass is 992 g/mol. The van der Waals surface area contributed by atoms with Crippen LogP contribution in [0.1, 0.15) is 80.1 Å². The number of carbonyl (C=O) groups excluding carboxylic acids is 9. The van der Waals surface area contributed by atoms with Crippen molar-refractivity contribution in [3.63, 3.8) is 0 Å². The van der Waals surface area contributed by atoms with Crippen LogP contribution in [0.2, 0.25) is 0 Å². The third-order valence-corrected chi connectivity index (χ3v) is 11.5. The third-order valence-electron chi connectivity index (χ3n) is 11.5. The Morgan fingerprint density at radius 1 is 0.623 bits per heavy atom. The zero-order chi connectivity index (χ0) is 52.3. The van der Waals surface area contributed by atoms with Gasteiger partial charge in [-0.25, -0.2) is 33.6 Å². The SMILES string of the molecule is C=C(C)C(=O)OC(C)C(F)(F)F.C=C(C)C(=O)OCC(=O)OC1C2CC3C(=O)OC1C3C2.C=C(C)C(=O)OCC(=O)OC1C2CC3CC(C2)C(=O)OC1C3.C=C(C)C(=O)OCCOC(=O)C(C)(F)F. The first kappa shape index (κ1) is 57.2. The third kappa shape index (κ3) is 16.8. The summed E-state index contributed by atoms with van der Waals surface area (Å²) in [5, 5.41) is 0. The van der Waals surface area contributed by atoms with Gasteiger partial charge >= 0.3 is 65.8 Å². The van der Waals surface area contributed by atoms with E-state index in [2.05, 4.69) is 40.5 Å². The van der Waals surface area contributed by atoms with Crippen LogP contribution < -0.4 is 0 Å². The number of halogens is 5. The first-order chi connectivity index (χ1) is 31.9. The maximum atomic E-state index is 12.2. The van der Waals surface area contributed by atoms with E-state index in [1.54, 1.807) is 0 Å². The molecule has 384 valence electrons. The van der Waals surface area contributed by atoms with Gasteiger partial charge in [0.2, 0.25) is 0 Å². The minimum atomic E-state index is -4.51. The standard InChI is InChI=1S/C16H20O6.C14H16O6.C9H12F2O4.C7H9F3O2/c1-8(2)15(18)20-7-13(17)22-14-10-3-9-4-11(6-10)16(19)21-12(14)5-9;1-6(2)13(16)18-5-10(15)19-11-7-3-8-9(4-7)14(17)20-12(8)11;1-6(2)7(12)14-4-5-15-8(13)9(3,10)11;1-4(2)6(11)12-5(3)7(8,9)10/h9-12,14H,1,3-7H2,2H3;7-9,11-12H,1,3-5H2,2H3;1,4-5H2,2-3H3;5H,1H2,2-3H3. The lowest BCUT2D eigenvalue weighted by Gasteiger charge is -2.41. The molecule has 0 amide bonds. The molecule has 11 atom stereocenters. The van der Waals surface area contributed by atoms with E-state index in [0.29, 0.717) is 12.8 Å².